The van der Waals surface area contributed by atoms with Crippen molar-refractivity contribution in [2.45, 2.75) is 13.0 Å². The van der Waals surface area contributed by atoms with E-state index < -0.39 is 0 Å². The van der Waals surface area contributed by atoms with Crippen molar-refractivity contribution in [1.29, 1.82) is 0 Å². The molecule has 0 fully saturated rings. The molecule has 1 aliphatic heterocycles. The summed E-state index contributed by atoms with van der Waals surface area (Å²) >= 11 is 0. The van der Waals surface area contributed by atoms with Crippen molar-refractivity contribution in [2.24, 2.45) is 4.99 Å². The maximum absolute atomic E-state index is 4.85. The Morgan fingerprint density at radius 1 is 1.14 bits per heavy atom. The first kappa shape index (κ1) is 13.1. The van der Waals surface area contributed by atoms with E-state index in [0.717, 1.165) is 25.3 Å². The van der Waals surface area contributed by atoms with E-state index in [1.165, 1.54) is 22.0 Å². The van der Waals surface area contributed by atoms with E-state index in [2.05, 4.69) is 57.9 Å². The van der Waals surface area contributed by atoms with Crippen molar-refractivity contribution in [3.63, 3.8) is 0 Å². The second kappa shape index (κ2) is 5.30. The predicted molar refractivity (Wildman–Crippen MR) is 90.6 cm³/mol. The van der Waals surface area contributed by atoms with Crippen molar-refractivity contribution in [2.75, 3.05) is 18.5 Å². The number of benzene rings is 2. The number of aliphatic imine (C=N–C) groups is 1. The van der Waals surface area contributed by atoms with Gasteiger partial charge < -0.3 is 9.47 Å². The van der Waals surface area contributed by atoms with E-state index in [4.69, 9.17) is 4.99 Å². The zero-order valence-electron chi connectivity index (χ0n) is 12.6. The monoisotopic (exact) mass is 290 g/mol. The Morgan fingerprint density at radius 3 is 2.82 bits per heavy atom. The first-order valence-electron chi connectivity index (χ1n) is 7.60. The van der Waals surface area contributed by atoms with Crippen molar-refractivity contribution >= 4 is 22.3 Å². The van der Waals surface area contributed by atoms with Gasteiger partial charge in [0.05, 0.1) is 12.0 Å². The number of aryl methyl sites for hydroxylation is 1. The average molecular weight is 290 g/mol. The van der Waals surface area contributed by atoms with Crippen LogP contribution in [0.3, 0.4) is 0 Å². The lowest BCUT2D eigenvalue weighted by Gasteiger charge is -2.14. The van der Waals surface area contributed by atoms with Crippen LogP contribution in [0.15, 0.2) is 60.1 Å². The van der Waals surface area contributed by atoms with E-state index in [1.807, 2.05) is 18.7 Å². The molecule has 0 saturated heterocycles. The number of aromatic nitrogens is 2. The highest BCUT2D eigenvalue weighted by Crippen LogP contribution is 2.36. The van der Waals surface area contributed by atoms with Gasteiger partial charge >= 0.3 is 0 Å². The highest BCUT2D eigenvalue weighted by atomic mass is 15.2. The van der Waals surface area contributed by atoms with E-state index >= 15 is 0 Å². The van der Waals surface area contributed by atoms with Gasteiger partial charge in [-0.1, -0.05) is 30.3 Å². The molecule has 0 spiro atoms. The van der Waals surface area contributed by atoms with Crippen molar-refractivity contribution in [3.05, 3.63) is 60.7 Å². The summed E-state index contributed by atoms with van der Waals surface area (Å²) in [6, 6.07) is 12.9. The van der Waals surface area contributed by atoms with Crippen LogP contribution in [0.5, 0.6) is 0 Å². The minimum Gasteiger partial charge on any atom is -0.337 e. The van der Waals surface area contributed by atoms with Gasteiger partial charge in [-0.15, -0.1) is 0 Å². The van der Waals surface area contributed by atoms with Gasteiger partial charge in [0.25, 0.3) is 0 Å². The van der Waals surface area contributed by atoms with Gasteiger partial charge in [-0.25, -0.2) is 4.98 Å². The molecule has 0 radical (unpaired) electrons. The van der Waals surface area contributed by atoms with E-state index in [9.17, 15) is 0 Å². The van der Waals surface area contributed by atoms with Crippen LogP contribution in [0.1, 0.15) is 12.0 Å². The molecule has 2 heterocycles. The summed E-state index contributed by atoms with van der Waals surface area (Å²) in [6.45, 7) is 1.78. The normalized spacial score (nSPS) is 15.1. The minimum absolute atomic E-state index is 0.822. The molecule has 110 valence electrons. The SMILES string of the molecule is CN1C(=NCCCn2ccnc2)c2cccc3cccc1c23. The maximum Gasteiger partial charge on any atom is 0.135 e. The molecule has 1 aliphatic rings. The van der Waals surface area contributed by atoms with Crippen LogP contribution in [0.25, 0.3) is 10.8 Å². The molecular weight excluding hydrogens is 272 g/mol. The fraction of sp³-hybridized carbons (Fsp3) is 0.222. The molecule has 2 aromatic carbocycles. The Morgan fingerprint density at radius 2 is 2.00 bits per heavy atom. The van der Waals surface area contributed by atoms with Gasteiger partial charge in [0.15, 0.2) is 0 Å². The molecule has 22 heavy (non-hydrogen) atoms. The number of hydrogen-bond donors (Lipinski definition) is 0. The summed E-state index contributed by atoms with van der Waals surface area (Å²) in [7, 11) is 2.10. The van der Waals surface area contributed by atoms with Crippen LogP contribution < -0.4 is 4.90 Å². The van der Waals surface area contributed by atoms with Gasteiger partial charge in [-0.05, 0) is 17.9 Å². The largest absolute Gasteiger partial charge is 0.337 e. The Kier molecular flexibility index (Phi) is 3.15. The molecule has 0 saturated carbocycles. The third-order valence-corrected chi connectivity index (χ3v) is 4.20. The molecule has 4 rings (SSSR count). The Hall–Kier alpha value is -2.62. The van der Waals surface area contributed by atoms with Crippen LogP contribution >= 0.6 is 0 Å². The van der Waals surface area contributed by atoms with Crippen LogP contribution in [0.4, 0.5) is 5.69 Å². The third-order valence-electron chi connectivity index (χ3n) is 4.20. The summed E-state index contributed by atoms with van der Waals surface area (Å²) < 4.78 is 2.09. The zero-order valence-corrected chi connectivity index (χ0v) is 12.6. The first-order valence-corrected chi connectivity index (χ1v) is 7.60. The summed E-state index contributed by atoms with van der Waals surface area (Å²) in [5.41, 5.74) is 2.50. The molecule has 1 aromatic heterocycles. The lowest BCUT2D eigenvalue weighted by Crippen LogP contribution is -2.22. The topological polar surface area (TPSA) is 33.4 Å². The zero-order chi connectivity index (χ0) is 14.9. The van der Waals surface area contributed by atoms with Crippen LogP contribution in [0.2, 0.25) is 0 Å². The summed E-state index contributed by atoms with van der Waals surface area (Å²) in [4.78, 5) is 11.1. The molecule has 0 N–H and O–H groups in total. The quantitative estimate of drug-likeness (QED) is 0.691. The van der Waals surface area contributed by atoms with E-state index in [1.54, 1.807) is 0 Å². The minimum atomic E-state index is 0.822. The summed E-state index contributed by atoms with van der Waals surface area (Å²) in [5, 5.41) is 2.60. The van der Waals surface area contributed by atoms with Gasteiger partial charge in [-0.3, -0.25) is 4.99 Å². The number of amidine groups is 1. The highest BCUT2D eigenvalue weighted by molar-refractivity contribution is 6.26. The van der Waals surface area contributed by atoms with Crippen LogP contribution in [-0.4, -0.2) is 29.0 Å². The number of nitrogens with zero attached hydrogens (tertiary/aromatic N) is 4. The Balaban J connectivity index is 1.58. The third kappa shape index (κ3) is 2.08. The van der Waals surface area contributed by atoms with Gasteiger partial charge in [0.2, 0.25) is 0 Å². The molecule has 0 aliphatic carbocycles. The predicted octanol–water partition coefficient (Wildman–Crippen LogP) is 3.32. The lowest BCUT2D eigenvalue weighted by molar-refractivity contribution is 0.650. The Labute approximate surface area is 129 Å². The molecule has 0 bridgehead atoms. The van der Waals surface area contributed by atoms with Gasteiger partial charge in [0, 0.05) is 43.5 Å². The van der Waals surface area contributed by atoms with Gasteiger partial charge in [0.1, 0.15) is 5.84 Å². The molecule has 0 amide bonds. The van der Waals surface area contributed by atoms with Crippen molar-refractivity contribution in [3.8, 4) is 0 Å². The van der Waals surface area contributed by atoms with E-state index in [-0.39, 0.29) is 0 Å². The first-order chi connectivity index (χ1) is 10.8. The standard InChI is InChI=1S/C18H18N4/c1-21-16-8-3-6-14-5-2-7-15(17(14)16)18(21)20-9-4-11-22-12-10-19-13-22/h2-3,5-8,10,12-13H,4,9,11H2,1H3. The van der Waals surface area contributed by atoms with Crippen LogP contribution in [0, 0.1) is 0 Å². The van der Waals surface area contributed by atoms with E-state index in [0.29, 0.717) is 0 Å². The van der Waals surface area contributed by atoms with Gasteiger partial charge in [-0.2, -0.15) is 0 Å². The number of imidazole rings is 1. The fourth-order valence-electron chi connectivity index (χ4n) is 3.13. The number of hydrogen-bond acceptors (Lipinski definition) is 2. The second-order valence-corrected chi connectivity index (χ2v) is 5.60. The average Bonchev–Trinajstić information content (AvgIpc) is 3.15. The van der Waals surface area contributed by atoms with Crippen molar-refractivity contribution in [1.82, 2.24) is 9.55 Å². The van der Waals surface area contributed by atoms with Crippen LogP contribution in [-0.2, 0) is 6.54 Å². The molecular formula is C18H18N4. The van der Waals surface area contributed by atoms with Crippen molar-refractivity contribution < 1.29 is 0 Å². The summed E-state index contributed by atoms with van der Waals surface area (Å²) in [6.07, 6.45) is 6.67. The fourth-order valence-corrected chi connectivity index (χ4v) is 3.13. The lowest BCUT2D eigenvalue weighted by atomic mass is 10.1. The molecule has 3 aromatic rings. The smallest absolute Gasteiger partial charge is 0.135 e. The molecule has 4 nitrogen and oxygen atoms in total. The number of rotatable bonds is 4. The maximum atomic E-state index is 4.85. The molecule has 0 atom stereocenters. The summed E-state index contributed by atoms with van der Waals surface area (Å²) in [5.74, 6) is 1.08. The second-order valence-electron chi connectivity index (χ2n) is 5.60. The molecule has 4 heteroatoms. The number of anilines is 1. The highest BCUT2D eigenvalue weighted by Gasteiger charge is 2.24. The Bertz CT molecular complexity index is 828. The molecule has 0 unspecified atom stereocenters.